The third-order valence-electron chi connectivity index (χ3n) is 5.86. The minimum atomic E-state index is 0.232. The number of hydrogen-bond donors (Lipinski definition) is 0. The van der Waals surface area contributed by atoms with Crippen molar-refractivity contribution in [1.82, 2.24) is 4.57 Å². The van der Waals surface area contributed by atoms with E-state index in [4.69, 9.17) is 0 Å². The predicted molar refractivity (Wildman–Crippen MR) is 122 cm³/mol. The van der Waals surface area contributed by atoms with Crippen LogP contribution in [0.4, 0.5) is 0 Å². The predicted octanol–water partition coefficient (Wildman–Crippen LogP) is 8.54. The molecule has 0 atom stereocenters. The Hall–Kier alpha value is -1.57. The SMILES string of the molecule is CCCCCCCCCCCCCCCCCC(=O)n1ccc2ccccc21. The molecule has 0 unspecified atom stereocenters. The molecule has 0 fully saturated rings. The highest BCUT2D eigenvalue weighted by Crippen LogP contribution is 2.17. The smallest absolute Gasteiger partial charge is 0.231 e. The number of hydrogen-bond acceptors (Lipinski definition) is 1. The summed E-state index contributed by atoms with van der Waals surface area (Å²) in [6.07, 6.45) is 22.9. The Kier molecular flexibility index (Phi) is 11.7. The molecule has 0 radical (unpaired) electrons. The molecule has 0 aliphatic heterocycles. The van der Waals surface area contributed by atoms with E-state index in [-0.39, 0.29) is 5.91 Å². The molecule has 156 valence electrons. The second-order valence-corrected chi connectivity index (χ2v) is 8.34. The topological polar surface area (TPSA) is 22.0 Å². The van der Waals surface area contributed by atoms with Gasteiger partial charge in [-0.15, -0.1) is 0 Å². The summed E-state index contributed by atoms with van der Waals surface area (Å²) < 4.78 is 1.82. The quantitative estimate of drug-likeness (QED) is 0.266. The number of carbonyl (C=O) groups excluding carboxylic acids is 1. The minimum absolute atomic E-state index is 0.232. The Bertz CT molecular complexity index is 657. The van der Waals surface area contributed by atoms with Gasteiger partial charge in [0.1, 0.15) is 0 Å². The first-order valence-corrected chi connectivity index (χ1v) is 11.9. The molecule has 0 bridgehead atoms. The van der Waals surface area contributed by atoms with E-state index in [9.17, 15) is 4.79 Å². The van der Waals surface area contributed by atoms with Crippen LogP contribution in [0.2, 0.25) is 0 Å². The lowest BCUT2D eigenvalue weighted by Gasteiger charge is -2.05. The highest BCUT2D eigenvalue weighted by molar-refractivity contribution is 5.92. The van der Waals surface area contributed by atoms with Gasteiger partial charge >= 0.3 is 0 Å². The standard InChI is InChI=1S/C26H41NO/c1-2-3-4-5-6-7-8-9-10-11-12-13-14-15-16-21-26(28)27-23-22-24-19-17-18-20-25(24)27/h17-20,22-23H,2-16,21H2,1H3. The van der Waals surface area contributed by atoms with E-state index >= 15 is 0 Å². The first kappa shape index (κ1) is 22.7. The molecular weight excluding hydrogens is 342 g/mol. The molecule has 0 saturated carbocycles. The van der Waals surface area contributed by atoms with Crippen LogP contribution in [0.1, 0.15) is 114 Å². The fourth-order valence-corrected chi connectivity index (χ4v) is 4.07. The van der Waals surface area contributed by atoms with Gasteiger partial charge < -0.3 is 0 Å². The molecular formula is C26H41NO. The highest BCUT2D eigenvalue weighted by atomic mass is 16.2. The van der Waals surface area contributed by atoms with Gasteiger partial charge in [-0.1, -0.05) is 115 Å². The molecule has 1 heterocycles. The molecule has 2 heteroatoms. The number of nitrogens with zero attached hydrogens (tertiary/aromatic N) is 1. The Morgan fingerprint density at radius 3 is 1.75 bits per heavy atom. The molecule has 0 aliphatic rings. The summed E-state index contributed by atoms with van der Waals surface area (Å²) in [6, 6.07) is 10.1. The molecule has 0 saturated heterocycles. The van der Waals surface area contributed by atoms with Crippen molar-refractivity contribution in [1.29, 1.82) is 0 Å². The lowest BCUT2D eigenvalue weighted by molar-refractivity contribution is 0.0904. The number of fused-ring (bicyclic) bond motifs is 1. The lowest BCUT2D eigenvalue weighted by Crippen LogP contribution is -2.08. The van der Waals surface area contributed by atoms with Crippen molar-refractivity contribution in [2.75, 3.05) is 0 Å². The lowest BCUT2D eigenvalue weighted by atomic mass is 10.0. The van der Waals surface area contributed by atoms with Gasteiger partial charge in [-0.2, -0.15) is 0 Å². The molecule has 2 rings (SSSR count). The monoisotopic (exact) mass is 383 g/mol. The van der Waals surface area contributed by atoms with E-state index < -0.39 is 0 Å². The number of para-hydroxylation sites is 1. The van der Waals surface area contributed by atoms with Gasteiger partial charge in [-0.05, 0) is 18.6 Å². The van der Waals surface area contributed by atoms with Gasteiger partial charge in [0.25, 0.3) is 0 Å². The third-order valence-corrected chi connectivity index (χ3v) is 5.86. The fraction of sp³-hybridized carbons (Fsp3) is 0.654. The van der Waals surface area contributed by atoms with E-state index in [1.807, 2.05) is 35.0 Å². The number of carbonyl (C=O) groups is 1. The largest absolute Gasteiger partial charge is 0.287 e. The molecule has 0 spiro atoms. The fourth-order valence-electron chi connectivity index (χ4n) is 4.07. The number of benzene rings is 1. The maximum atomic E-state index is 12.4. The Morgan fingerprint density at radius 1 is 0.679 bits per heavy atom. The maximum Gasteiger partial charge on any atom is 0.231 e. The normalized spacial score (nSPS) is 11.3. The van der Waals surface area contributed by atoms with Gasteiger partial charge in [-0.3, -0.25) is 9.36 Å². The van der Waals surface area contributed by atoms with Crippen LogP contribution in [0.15, 0.2) is 36.5 Å². The third kappa shape index (κ3) is 8.63. The number of rotatable bonds is 16. The highest BCUT2D eigenvalue weighted by Gasteiger charge is 2.07. The van der Waals surface area contributed by atoms with Gasteiger partial charge in [0.05, 0.1) is 5.52 Å². The summed E-state index contributed by atoms with van der Waals surface area (Å²) in [5, 5.41) is 1.15. The van der Waals surface area contributed by atoms with E-state index in [1.165, 1.54) is 89.9 Å². The van der Waals surface area contributed by atoms with Crippen molar-refractivity contribution in [2.45, 2.75) is 110 Å². The zero-order valence-corrected chi connectivity index (χ0v) is 18.1. The van der Waals surface area contributed by atoms with E-state index in [0.717, 1.165) is 17.3 Å². The van der Waals surface area contributed by atoms with Gasteiger partial charge in [0, 0.05) is 18.0 Å². The zero-order valence-electron chi connectivity index (χ0n) is 18.1. The van der Waals surface area contributed by atoms with E-state index in [2.05, 4.69) is 13.0 Å². The summed E-state index contributed by atoms with van der Waals surface area (Å²) in [6.45, 7) is 2.28. The van der Waals surface area contributed by atoms with Crippen molar-refractivity contribution in [3.05, 3.63) is 36.5 Å². The molecule has 1 aromatic carbocycles. The van der Waals surface area contributed by atoms with Crippen LogP contribution >= 0.6 is 0 Å². The summed E-state index contributed by atoms with van der Waals surface area (Å²) >= 11 is 0. The average Bonchev–Trinajstić information content (AvgIpc) is 3.15. The van der Waals surface area contributed by atoms with Crippen LogP contribution in [-0.4, -0.2) is 10.5 Å². The zero-order chi connectivity index (χ0) is 19.9. The summed E-state index contributed by atoms with van der Waals surface area (Å²) in [5.41, 5.74) is 1.04. The second kappa shape index (κ2) is 14.4. The van der Waals surface area contributed by atoms with Crippen molar-refractivity contribution >= 4 is 16.8 Å². The Morgan fingerprint density at radius 2 is 1.18 bits per heavy atom. The number of unbranched alkanes of at least 4 members (excludes halogenated alkanes) is 14. The molecule has 1 aromatic heterocycles. The molecule has 28 heavy (non-hydrogen) atoms. The van der Waals surface area contributed by atoms with Crippen LogP contribution in [0.3, 0.4) is 0 Å². The maximum absolute atomic E-state index is 12.4. The second-order valence-electron chi connectivity index (χ2n) is 8.34. The molecule has 2 aromatic rings. The molecule has 0 amide bonds. The van der Waals surface area contributed by atoms with Crippen molar-refractivity contribution in [3.8, 4) is 0 Å². The van der Waals surface area contributed by atoms with Crippen LogP contribution < -0.4 is 0 Å². The first-order valence-electron chi connectivity index (χ1n) is 11.9. The number of aromatic nitrogens is 1. The van der Waals surface area contributed by atoms with Crippen LogP contribution in [-0.2, 0) is 0 Å². The van der Waals surface area contributed by atoms with E-state index in [0.29, 0.717) is 6.42 Å². The minimum Gasteiger partial charge on any atom is -0.287 e. The summed E-state index contributed by atoms with van der Waals surface area (Å²) in [4.78, 5) is 12.4. The van der Waals surface area contributed by atoms with Gasteiger partial charge in [-0.25, -0.2) is 0 Å². The molecule has 2 nitrogen and oxygen atoms in total. The van der Waals surface area contributed by atoms with Gasteiger partial charge in [0.15, 0.2) is 0 Å². The van der Waals surface area contributed by atoms with Crippen molar-refractivity contribution < 1.29 is 4.79 Å². The average molecular weight is 384 g/mol. The Labute approximate surface area is 172 Å². The summed E-state index contributed by atoms with van der Waals surface area (Å²) in [5.74, 6) is 0.232. The van der Waals surface area contributed by atoms with Gasteiger partial charge in [0.2, 0.25) is 5.91 Å². The summed E-state index contributed by atoms with van der Waals surface area (Å²) in [7, 11) is 0. The molecule has 0 aliphatic carbocycles. The first-order chi connectivity index (χ1) is 13.8. The molecule has 0 N–H and O–H groups in total. The van der Waals surface area contributed by atoms with Crippen LogP contribution in [0.25, 0.3) is 10.9 Å². The Balaban J connectivity index is 1.39. The van der Waals surface area contributed by atoms with E-state index in [1.54, 1.807) is 0 Å². The van der Waals surface area contributed by atoms with Crippen molar-refractivity contribution in [2.24, 2.45) is 0 Å². The van der Waals surface area contributed by atoms with Crippen LogP contribution in [0.5, 0.6) is 0 Å². The van der Waals surface area contributed by atoms with Crippen molar-refractivity contribution in [3.63, 3.8) is 0 Å². The van der Waals surface area contributed by atoms with Crippen LogP contribution in [0, 0.1) is 0 Å².